The Morgan fingerprint density at radius 3 is 2.21 bits per heavy atom. The molecule has 14 heavy (non-hydrogen) atoms. The van der Waals surface area contributed by atoms with Gasteiger partial charge in [0.15, 0.2) is 18.1 Å². The van der Waals surface area contributed by atoms with Crippen molar-refractivity contribution in [2.75, 3.05) is 0 Å². The molecule has 1 saturated heterocycles. The predicted molar refractivity (Wildman–Crippen MR) is 52.0 cm³/mol. The fraction of sp³-hybridized carbons (Fsp3) is 1.00. The lowest BCUT2D eigenvalue weighted by Crippen LogP contribution is -2.60. The van der Waals surface area contributed by atoms with Crippen LogP contribution >= 0.6 is 0 Å². The molecule has 84 valence electrons. The normalized spacial score (nSPS) is 42.4. The molecule has 0 spiro atoms. The summed E-state index contributed by atoms with van der Waals surface area (Å²) in [5.41, 5.74) is 0. The molecule has 4 unspecified atom stereocenters. The van der Waals surface area contributed by atoms with E-state index in [9.17, 15) is 13.2 Å². The summed E-state index contributed by atoms with van der Waals surface area (Å²) in [6.45, 7) is 5.07. The van der Waals surface area contributed by atoms with E-state index in [1.165, 1.54) is 0 Å². The predicted octanol–water partition coefficient (Wildman–Crippen LogP) is 2.94. The molecule has 4 atom stereocenters. The Hall–Kier alpha value is -0.0331. The minimum atomic E-state index is -2.68. The van der Waals surface area contributed by atoms with Gasteiger partial charge < -0.3 is 4.43 Å². The highest BCUT2D eigenvalue weighted by molar-refractivity contribution is 6.72. The molecule has 1 aliphatic heterocycles. The SMILES string of the molecule is CCCC1O[Si](C)(C)C(F)C(F)C1F. The van der Waals surface area contributed by atoms with Crippen molar-refractivity contribution in [1.82, 2.24) is 0 Å². The van der Waals surface area contributed by atoms with Crippen molar-refractivity contribution < 1.29 is 17.6 Å². The van der Waals surface area contributed by atoms with Crippen molar-refractivity contribution in [3.05, 3.63) is 0 Å². The van der Waals surface area contributed by atoms with Crippen molar-refractivity contribution in [2.24, 2.45) is 0 Å². The molecule has 0 radical (unpaired) electrons. The van der Waals surface area contributed by atoms with Crippen LogP contribution < -0.4 is 0 Å². The third kappa shape index (κ3) is 2.13. The van der Waals surface area contributed by atoms with Gasteiger partial charge in [-0.2, -0.15) is 0 Å². The third-order valence-corrected chi connectivity index (χ3v) is 5.19. The molecule has 1 aliphatic rings. The van der Waals surface area contributed by atoms with Crippen LogP contribution in [0, 0.1) is 0 Å². The van der Waals surface area contributed by atoms with Crippen LogP contribution in [0.15, 0.2) is 0 Å². The van der Waals surface area contributed by atoms with E-state index in [-0.39, 0.29) is 0 Å². The number of hydrogen-bond donors (Lipinski definition) is 0. The largest absolute Gasteiger partial charge is 0.408 e. The van der Waals surface area contributed by atoms with Crippen LogP contribution in [0.3, 0.4) is 0 Å². The first kappa shape index (κ1) is 12.0. The highest BCUT2D eigenvalue weighted by Crippen LogP contribution is 2.33. The first-order valence-electron chi connectivity index (χ1n) is 5.00. The van der Waals surface area contributed by atoms with Gasteiger partial charge in [0.2, 0.25) is 8.32 Å². The topological polar surface area (TPSA) is 9.23 Å². The molecular formula is C9H17F3OSi. The smallest absolute Gasteiger partial charge is 0.225 e. The third-order valence-electron chi connectivity index (χ3n) is 2.63. The van der Waals surface area contributed by atoms with Crippen LogP contribution in [0.2, 0.25) is 13.1 Å². The van der Waals surface area contributed by atoms with E-state index in [2.05, 4.69) is 0 Å². The molecule has 1 nitrogen and oxygen atoms in total. The minimum Gasteiger partial charge on any atom is -0.408 e. The van der Waals surface area contributed by atoms with E-state index in [0.717, 1.165) is 6.42 Å². The maximum absolute atomic E-state index is 13.3. The lowest BCUT2D eigenvalue weighted by Gasteiger charge is -2.41. The van der Waals surface area contributed by atoms with E-state index < -0.39 is 32.6 Å². The maximum Gasteiger partial charge on any atom is 0.225 e. The van der Waals surface area contributed by atoms with Gasteiger partial charge in [-0.15, -0.1) is 0 Å². The van der Waals surface area contributed by atoms with Gasteiger partial charge in [-0.1, -0.05) is 13.3 Å². The Morgan fingerprint density at radius 2 is 1.71 bits per heavy atom. The van der Waals surface area contributed by atoms with E-state index >= 15 is 0 Å². The number of halogens is 3. The second-order valence-electron chi connectivity index (χ2n) is 4.34. The van der Waals surface area contributed by atoms with Crippen LogP contribution in [0.4, 0.5) is 13.2 Å². The first-order chi connectivity index (χ1) is 6.40. The number of hydrogen-bond acceptors (Lipinski definition) is 1. The molecule has 0 saturated carbocycles. The standard InChI is InChI=1S/C9H17F3OSi/c1-4-5-6-7(10)8(11)9(12)14(2,3)13-6/h6-9H,4-5H2,1-3H3. The van der Waals surface area contributed by atoms with Gasteiger partial charge in [0.05, 0.1) is 6.10 Å². The Morgan fingerprint density at radius 1 is 1.14 bits per heavy atom. The molecule has 1 rings (SSSR count). The van der Waals surface area contributed by atoms with Crippen LogP contribution in [-0.2, 0) is 4.43 Å². The summed E-state index contributed by atoms with van der Waals surface area (Å²) in [6, 6.07) is 0. The first-order valence-corrected chi connectivity index (χ1v) is 7.98. The summed E-state index contributed by atoms with van der Waals surface area (Å²) in [5, 5.41) is 0. The second-order valence-corrected chi connectivity index (χ2v) is 8.33. The Labute approximate surface area is 83.8 Å². The van der Waals surface area contributed by atoms with E-state index in [4.69, 9.17) is 4.43 Å². The van der Waals surface area contributed by atoms with Gasteiger partial charge in [0.25, 0.3) is 0 Å². The average Bonchev–Trinajstić information content (AvgIpc) is 2.11. The average molecular weight is 226 g/mol. The molecule has 0 aromatic rings. The highest BCUT2D eigenvalue weighted by Gasteiger charge is 2.52. The summed E-state index contributed by atoms with van der Waals surface area (Å²) in [4.78, 5) is 0. The van der Waals surface area contributed by atoms with Crippen molar-refractivity contribution in [3.63, 3.8) is 0 Å². The Bertz CT molecular complexity index is 200. The molecule has 5 heteroatoms. The van der Waals surface area contributed by atoms with E-state index in [1.807, 2.05) is 6.92 Å². The summed E-state index contributed by atoms with van der Waals surface area (Å²) < 4.78 is 45.2. The zero-order valence-electron chi connectivity index (χ0n) is 8.77. The highest BCUT2D eigenvalue weighted by atomic mass is 28.4. The Balaban J connectivity index is 2.74. The van der Waals surface area contributed by atoms with Gasteiger partial charge in [-0.3, -0.25) is 0 Å². The molecule has 1 fully saturated rings. The molecular weight excluding hydrogens is 209 g/mol. The lowest BCUT2D eigenvalue weighted by atomic mass is 10.1. The summed E-state index contributed by atoms with van der Waals surface area (Å²) in [5.74, 6) is -1.74. The van der Waals surface area contributed by atoms with Crippen LogP contribution in [0.1, 0.15) is 19.8 Å². The van der Waals surface area contributed by atoms with Gasteiger partial charge in [-0.25, -0.2) is 13.2 Å². The minimum absolute atomic E-state index is 0.463. The van der Waals surface area contributed by atoms with E-state index in [1.54, 1.807) is 13.1 Å². The van der Waals surface area contributed by atoms with Gasteiger partial charge in [0, 0.05) is 0 Å². The summed E-state index contributed by atoms with van der Waals surface area (Å²) in [6.07, 6.45) is -3.36. The molecule has 0 amide bonds. The molecule has 0 bridgehead atoms. The van der Waals surface area contributed by atoms with Gasteiger partial charge in [0.1, 0.15) is 0 Å². The lowest BCUT2D eigenvalue weighted by molar-refractivity contribution is -0.0241. The molecule has 0 aliphatic carbocycles. The van der Waals surface area contributed by atoms with Crippen LogP contribution in [-0.4, -0.2) is 32.6 Å². The maximum atomic E-state index is 13.3. The molecule has 0 aromatic heterocycles. The number of rotatable bonds is 2. The van der Waals surface area contributed by atoms with Gasteiger partial charge in [-0.05, 0) is 19.5 Å². The molecule has 0 N–H and O–H groups in total. The van der Waals surface area contributed by atoms with Crippen molar-refractivity contribution in [3.8, 4) is 0 Å². The van der Waals surface area contributed by atoms with Gasteiger partial charge >= 0.3 is 0 Å². The zero-order chi connectivity index (χ0) is 10.9. The van der Waals surface area contributed by atoms with E-state index in [0.29, 0.717) is 6.42 Å². The van der Waals surface area contributed by atoms with Crippen LogP contribution in [0.5, 0.6) is 0 Å². The zero-order valence-corrected chi connectivity index (χ0v) is 9.77. The van der Waals surface area contributed by atoms with Crippen molar-refractivity contribution >= 4 is 8.32 Å². The second kappa shape index (κ2) is 4.22. The van der Waals surface area contributed by atoms with Crippen molar-refractivity contribution in [2.45, 2.75) is 57.1 Å². The van der Waals surface area contributed by atoms with Crippen LogP contribution in [0.25, 0.3) is 0 Å². The molecule has 0 aromatic carbocycles. The Kier molecular flexibility index (Phi) is 3.63. The summed E-state index contributed by atoms with van der Waals surface area (Å²) in [7, 11) is -2.68. The monoisotopic (exact) mass is 226 g/mol. The summed E-state index contributed by atoms with van der Waals surface area (Å²) >= 11 is 0. The van der Waals surface area contributed by atoms with Crippen molar-refractivity contribution in [1.29, 1.82) is 0 Å². The number of alkyl halides is 3. The fourth-order valence-electron chi connectivity index (χ4n) is 1.77. The quantitative estimate of drug-likeness (QED) is 0.658. The molecule has 1 heterocycles. The fourth-order valence-corrected chi connectivity index (χ4v) is 3.88.